The van der Waals surface area contributed by atoms with Crippen LogP contribution in [0.1, 0.15) is 43.0 Å². The smallest absolute Gasteiger partial charge is 0.342 e. The lowest BCUT2D eigenvalue weighted by molar-refractivity contribution is -0.122. The number of Topliss-reactive ketones (excluding diaryl/α,β-unsaturated/α-hetero) is 1. The molecule has 1 aromatic carbocycles. The molecule has 1 unspecified atom stereocenters. The van der Waals surface area contributed by atoms with Crippen LogP contribution >= 0.6 is 11.8 Å². The molecule has 1 heterocycles. The summed E-state index contributed by atoms with van der Waals surface area (Å²) in [5.74, 6) is -1.16. The summed E-state index contributed by atoms with van der Waals surface area (Å²) in [5, 5.41) is 10.1. The van der Waals surface area contributed by atoms with Crippen LogP contribution in [0.15, 0.2) is 34.1 Å². The SMILES string of the molecule is CC1(Sc2[nH]c3ccccc3c(=O)c2C(=O)O)CCCCC1=O. The van der Waals surface area contributed by atoms with E-state index in [1.54, 1.807) is 24.3 Å². The Morgan fingerprint density at radius 3 is 2.70 bits per heavy atom. The van der Waals surface area contributed by atoms with Crippen molar-refractivity contribution in [1.29, 1.82) is 0 Å². The van der Waals surface area contributed by atoms with Gasteiger partial charge in [-0.3, -0.25) is 9.59 Å². The summed E-state index contributed by atoms with van der Waals surface area (Å²) in [4.78, 5) is 39.4. The molecule has 1 aromatic heterocycles. The van der Waals surface area contributed by atoms with E-state index in [9.17, 15) is 19.5 Å². The summed E-state index contributed by atoms with van der Waals surface area (Å²) < 4.78 is -0.687. The summed E-state index contributed by atoms with van der Waals surface area (Å²) >= 11 is 1.17. The Bertz CT molecular complexity index is 857. The number of nitrogens with one attached hydrogen (secondary N) is 1. The first-order chi connectivity index (χ1) is 10.9. The summed E-state index contributed by atoms with van der Waals surface area (Å²) in [6.07, 6.45) is 2.98. The number of hydrogen-bond donors (Lipinski definition) is 2. The topological polar surface area (TPSA) is 87.2 Å². The van der Waals surface area contributed by atoms with E-state index in [1.165, 1.54) is 11.8 Å². The molecule has 2 aromatic rings. The number of ketones is 1. The molecule has 3 rings (SSSR count). The number of hydrogen-bond acceptors (Lipinski definition) is 4. The van der Waals surface area contributed by atoms with Gasteiger partial charge in [0.1, 0.15) is 11.3 Å². The fourth-order valence-corrected chi connectivity index (χ4v) is 4.32. The zero-order valence-corrected chi connectivity index (χ0v) is 13.5. The first-order valence-electron chi connectivity index (χ1n) is 7.53. The lowest BCUT2D eigenvalue weighted by Gasteiger charge is -2.31. The number of carboxylic acids is 1. The third kappa shape index (κ3) is 2.79. The number of pyridine rings is 1. The van der Waals surface area contributed by atoms with Crippen LogP contribution in [0.4, 0.5) is 0 Å². The third-order valence-corrected chi connectivity index (χ3v) is 5.71. The minimum Gasteiger partial charge on any atom is -0.477 e. The minimum absolute atomic E-state index is 0.110. The van der Waals surface area contributed by atoms with Gasteiger partial charge in [0.05, 0.1) is 15.3 Å². The van der Waals surface area contributed by atoms with Gasteiger partial charge in [-0.2, -0.15) is 0 Å². The van der Waals surface area contributed by atoms with Crippen LogP contribution in [-0.2, 0) is 4.79 Å². The number of thioether (sulfide) groups is 1. The van der Waals surface area contributed by atoms with E-state index in [0.29, 0.717) is 23.7 Å². The van der Waals surface area contributed by atoms with E-state index in [1.807, 2.05) is 6.92 Å². The normalized spacial score (nSPS) is 21.5. The summed E-state index contributed by atoms with van der Waals surface area (Å²) in [5.41, 5.74) is -0.216. The minimum atomic E-state index is -1.27. The number of rotatable bonds is 3. The van der Waals surface area contributed by atoms with Crippen molar-refractivity contribution >= 4 is 34.4 Å². The zero-order chi connectivity index (χ0) is 16.6. The van der Waals surface area contributed by atoms with E-state index < -0.39 is 16.1 Å². The van der Waals surface area contributed by atoms with Gasteiger partial charge in [-0.25, -0.2) is 4.79 Å². The lowest BCUT2D eigenvalue weighted by atomic mass is 9.89. The largest absolute Gasteiger partial charge is 0.477 e. The Hall–Kier alpha value is -2.08. The highest BCUT2D eigenvalue weighted by Crippen LogP contribution is 2.41. The number of aromatic nitrogens is 1. The molecule has 0 bridgehead atoms. The van der Waals surface area contributed by atoms with E-state index in [4.69, 9.17) is 0 Å². The molecule has 0 saturated heterocycles. The van der Waals surface area contributed by atoms with Gasteiger partial charge in [-0.05, 0) is 31.9 Å². The number of carbonyl (C=O) groups excluding carboxylic acids is 1. The van der Waals surface area contributed by atoms with Gasteiger partial charge in [0.2, 0.25) is 5.43 Å². The molecule has 1 atom stereocenters. The average Bonchev–Trinajstić information content (AvgIpc) is 2.50. The van der Waals surface area contributed by atoms with Crippen LogP contribution < -0.4 is 5.43 Å². The van der Waals surface area contributed by atoms with Crippen molar-refractivity contribution in [3.8, 4) is 0 Å². The number of aromatic carboxylic acids is 1. The van der Waals surface area contributed by atoms with Crippen molar-refractivity contribution in [2.24, 2.45) is 0 Å². The second kappa shape index (κ2) is 5.85. The van der Waals surface area contributed by atoms with Crippen molar-refractivity contribution in [3.63, 3.8) is 0 Å². The summed E-state index contributed by atoms with van der Waals surface area (Å²) in [6, 6.07) is 6.81. The molecular formula is C17H17NO4S. The summed E-state index contributed by atoms with van der Waals surface area (Å²) in [7, 11) is 0. The number of carbonyl (C=O) groups is 2. The van der Waals surface area contributed by atoms with Crippen LogP contribution in [0.2, 0.25) is 0 Å². The molecule has 1 aliphatic carbocycles. The number of benzene rings is 1. The van der Waals surface area contributed by atoms with Gasteiger partial charge in [-0.1, -0.05) is 30.3 Å². The molecule has 6 heteroatoms. The maximum atomic E-state index is 12.5. The fourth-order valence-electron chi connectivity index (χ4n) is 2.97. The van der Waals surface area contributed by atoms with Gasteiger partial charge in [0.25, 0.3) is 0 Å². The zero-order valence-electron chi connectivity index (χ0n) is 12.7. The van der Waals surface area contributed by atoms with Crippen LogP contribution in [-0.4, -0.2) is 26.6 Å². The molecule has 0 aliphatic heterocycles. The van der Waals surface area contributed by atoms with E-state index in [2.05, 4.69) is 4.98 Å². The Morgan fingerprint density at radius 1 is 1.26 bits per heavy atom. The first-order valence-corrected chi connectivity index (χ1v) is 8.35. The standard InChI is InChI=1S/C17H17NO4S/c1-17(9-5-4-8-12(17)19)23-15-13(16(21)22)14(20)10-6-2-3-7-11(10)18-15/h2-3,6-7H,4-5,8-9H2,1H3,(H,18,20)(H,21,22). The average molecular weight is 331 g/mol. The van der Waals surface area contributed by atoms with Crippen LogP contribution in [0, 0.1) is 0 Å². The monoisotopic (exact) mass is 331 g/mol. The Kier molecular flexibility index (Phi) is 4.02. The van der Waals surface area contributed by atoms with Crippen LogP contribution in [0.25, 0.3) is 10.9 Å². The predicted octanol–water partition coefficient (Wildman–Crippen LogP) is 3.22. The van der Waals surface area contributed by atoms with E-state index in [-0.39, 0.29) is 16.4 Å². The fraction of sp³-hybridized carbons (Fsp3) is 0.353. The lowest BCUT2D eigenvalue weighted by Crippen LogP contribution is -2.35. The van der Waals surface area contributed by atoms with E-state index in [0.717, 1.165) is 12.8 Å². The number of fused-ring (bicyclic) bond motifs is 1. The maximum absolute atomic E-state index is 12.5. The van der Waals surface area contributed by atoms with Crippen molar-refractivity contribution in [2.75, 3.05) is 0 Å². The molecule has 1 aliphatic rings. The molecule has 0 amide bonds. The Morgan fingerprint density at radius 2 is 2.00 bits per heavy atom. The van der Waals surface area contributed by atoms with Crippen molar-refractivity contribution < 1.29 is 14.7 Å². The van der Waals surface area contributed by atoms with Gasteiger partial charge >= 0.3 is 5.97 Å². The molecule has 5 nitrogen and oxygen atoms in total. The second-order valence-electron chi connectivity index (χ2n) is 5.97. The van der Waals surface area contributed by atoms with Crippen molar-refractivity contribution in [3.05, 3.63) is 40.1 Å². The molecular weight excluding hydrogens is 314 g/mol. The van der Waals surface area contributed by atoms with Gasteiger partial charge in [0.15, 0.2) is 0 Å². The molecule has 2 N–H and O–H groups in total. The second-order valence-corrected chi connectivity index (χ2v) is 7.49. The number of aromatic amines is 1. The molecule has 120 valence electrons. The molecule has 0 radical (unpaired) electrons. The number of H-pyrrole nitrogens is 1. The van der Waals surface area contributed by atoms with Gasteiger partial charge in [-0.15, -0.1) is 0 Å². The first kappa shape index (κ1) is 15.8. The predicted molar refractivity (Wildman–Crippen MR) is 89.3 cm³/mol. The molecule has 1 saturated carbocycles. The highest BCUT2D eigenvalue weighted by molar-refractivity contribution is 8.01. The molecule has 1 fully saturated rings. The molecule has 0 spiro atoms. The number of para-hydroxylation sites is 1. The van der Waals surface area contributed by atoms with Gasteiger partial charge < -0.3 is 10.1 Å². The van der Waals surface area contributed by atoms with E-state index >= 15 is 0 Å². The van der Waals surface area contributed by atoms with Crippen molar-refractivity contribution in [1.82, 2.24) is 4.98 Å². The molecule has 23 heavy (non-hydrogen) atoms. The highest BCUT2D eigenvalue weighted by atomic mass is 32.2. The maximum Gasteiger partial charge on any atom is 0.342 e. The van der Waals surface area contributed by atoms with Crippen LogP contribution in [0.5, 0.6) is 0 Å². The Balaban J connectivity index is 2.16. The highest BCUT2D eigenvalue weighted by Gasteiger charge is 2.38. The third-order valence-electron chi connectivity index (χ3n) is 4.31. The number of carboxylic acid groups (broad SMARTS) is 1. The quantitative estimate of drug-likeness (QED) is 0.901. The van der Waals surface area contributed by atoms with Crippen molar-refractivity contribution in [2.45, 2.75) is 42.4 Å². The van der Waals surface area contributed by atoms with Gasteiger partial charge in [0, 0.05) is 11.8 Å². The van der Waals surface area contributed by atoms with Crippen LogP contribution in [0.3, 0.4) is 0 Å². The summed E-state index contributed by atoms with van der Waals surface area (Å²) in [6.45, 7) is 1.83. The Labute approximate surface area is 137 Å².